The summed E-state index contributed by atoms with van der Waals surface area (Å²) in [5.74, 6) is -3.95. The van der Waals surface area contributed by atoms with Crippen LogP contribution >= 0.6 is 0 Å². The summed E-state index contributed by atoms with van der Waals surface area (Å²) in [7, 11) is 0. The third-order valence-electron chi connectivity index (χ3n) is 2.24. The molecule has 8 heteroatoms. The van der Waals surface area contributed by atoms with Gasteiger partial charge in [0.1, 0.15) is 12.4 Å². The number of aliphatic hydroxyl groups excluding tert-OH is 1. The highest BCUT2D eigenvalue weighted by Gasteiger charge is 2.41. The molecule has 0 fully saturated rings. The van der Waals surface area contributed by atoms with Crippen LogP contribution in [-0.4, -0.2) is 41.8 Å². The van der Waals surface area contributed by atoms with Crippen molar-refractivity contribution < 1.29 is 27.4 Å². The van der Waals surface area contributed by atoms with Gasteiger partial charge in [-0.05, 0) is 17.7 Å². The lowest BCUT2D eigenvalue weighted by atomic mass is 10.1. The first-order chi connectivity index (χ1) is 8.81. The van der Waals surface area contributed by atoms with Crippen molar-refractivity contribution in [2.24, 2.45) is 0 Å². The molecule has 1 rings (SSSR count). The van der Waals surface area contributed by atoms with E-state index in [0.29, 0.717) is 5.56 Å². The van der Waals surface area contributed by atoms with E-state index in [2.05, 4.69) is 9.72 Å². The lowest BCUT2D eigenvalue weighted by molar-refractivity contribution is -0.170. The Morgan fingerprint density at radius 2 is 2.11 bits per heavy atom. The van der Waals surface area contributed by atoms with Gasteiger partial charge in [0.05, 0.1) is 12.7 Å². The molecule has 0 aliphatic rings. The van der Waals surface area contributed by atoms with Gasteiger partial charge in [0.25, 0.3) is 0 Å². The number of hydrogen-bond acceptors (Lipinski definition) is 4. The minimum absolute atomic E-state index is 0.104. The summed E-state index contributed by atoms with van der Waals surface area (Å²) >= 11 is 0. The fourth-order valence-corrected chi connectivity index (χ4v) is 1.35. The van der Waals surface area contributed by atoms with Gasteiger partial charge in [0, 0.05) is 12.6 Å². The van der Waals surface area contributed by atoms with Gasteiger partial charge in [-0.1, -0.05) is 0 Å². The lowest BCUT2D eigenvalue weighted by Gasteiger charge is -2.17. The molecule has 1 atom stereocenters. The quantitative estimate of drug-likeness (QED) is 0.743. The van der Waals surface area contributed by atoms with Gasteiger partial charge >= 0.3 is 12.3 Å². The van der Waals surface area contributed by atoms with E-state index in [1.165, 1.54) is 12.3 Å². The summed E-state index contributed by atoms with van der Waals surface area (Å²) in [4.78, 5) is 3.74. The van der Waals surface area contributed by atoms with Crippen molar-refractivity contribution in [2.75, 3.05) is 18.9 Å². The molecule has 0 aliphatic carbocycles. The highest BCUT2D eigenvalue weighted by molar-refractivity contribution is 5.32. The summed E-state index contributed by atoms with van der Waals surface area (Å²) in [5.41, 5.74) is 6.06. The highest BCUT2D eigenvalue weighted by atomic mass is 19.3. The summed E-state index contributed by atoms with van der Waals surface area (Å²) in [5, 5.41) is 9.51. The molecule has 0 aliphatic heterocycles. The molecular weight excluding hydrogens is 268 g/mol. The normalized spacial score (nSPS) is 13.8. The van der Waals surface area contributed by atoms with Crippen molar-refractivity contribution in [3.8, 4) is 0 Å². The van der Waals surface area contributed by atoms with Crippen molar-refractivity contribution in [3.63, 3.8) is 0 Å². The Bertz CT molecular complexity index is 404. The average Bonchev–Trinajstić information content (AvgIpc) is 2.28. The van der Waals surface area contributed by atoms with Gasteiger partial charge in [0.2, 0.25) is 0 Å². The van der Waals surface area contributed by atoms with Crippen molar-refractivity contribution >= 4 is 5.82 Å². The fraction of sp³-hybridized carbons (Fsp3) is 0.545. The topological polar surface area (TPSA) is 68.4 Å². The van der Waals surface area contributed by atoms with E-state index in [1.807, 2.05) is 0 Å². The van der Waals surface area contributed by atoms with Crippen molar-refractivity contribution in [3.05, 3.63) is 23.9 Å². The molecule has 1 aromatic rings. The summed E-state index contributed by atoms with van der Waals surface area (Å²) in [6, 6.07) is 3.10. The largest absolute Gasteiger partial charge is 0.390 e. The minimum Gasteiger partial charge on any atom is -0.390 e. The van der Waals surface area contributed by atoms with Crippen LogP contribution in [0.4, 0.5) is 23.4 Å². The van der Waals surface area contributed by atoms with Crippen LogP contribution in [0.15, 0.2) is 18.3 Å². The Hall–Kier alpha value is -1.41. The van der Waals surface area contributed by atoms with Gasteiger partial charge in [-0.2, -0.15) is 8.78 Å². The number of ether oxygens (including phenoxy) is 1. The monoisotopic (exact) mass is 282 g/mol. The first kappa shape index (κ1) is 15.6. The average molecular weight is 282 g/mol. The lowest BCUT2D eigenvalue weighted by Crippen LogP contribution is -2.34. The molecule has 0 saturated carbocycles. The molecule has 3 N–H and O–H groups in total. The number of aliphatic hydroxyl groups is 1. The third-order valence-corrected chi connectivity index (χ3v) is 2.24. The molecule has 4 nitrogen and oxygen atoms in total. The van der Waals surface area contributed by atoms with Crippen LogP contribution in [0, 0.1) is 0 Å². The van der Waals surface area contributed by atoms with Crippen LogP contribution in [0.2, 0.25) is 0 Å². The van der Waals surface area contributed by atoms with E-state index in [4.69, 9.17) is 5.73 Å². The number of nitrogen functional groups attached to an aromatic ring is 1. The van der Waals surface area contributed by atoms with Crippen molar-refractivity contribution in [1.82, 2.24) is 4.98 Å². The van der Waals surface area contributed by atoms with E-state index >= 15 is 0 Å². The second-order valence-electron chi connectivity index (χ2n) is 4.02. The molecule has 108 valence electrons. The Balaban J connectivity index is 2.34. The Labute approximate surface area is 107 Å². The first-order valence-corrected chi connectivity index (χ1v) is 5.43. The van der Waals surface area contributed by atoms with Crippen LogP contribution in [-0.2, 0) is 11.2 Å². The van der Waals surface area contributed by atoms with E-state index in [-0.39, 0.29) is 12.2 Å². The fourth-order valence-electron chi connectivity index (χ4n) is 1.35. The molecule has 0 saturated heterocycles. The molecule has 0 bridgehead atoms. The number of hydrogen-bond donors (Lipinski definition) is 2. The zero-order valence-electron chi connectivity index (χ0n) is 9.90. The molecule has 0 radical (unpaired) electrons. The van der Waals surface area contributed by atoms with Gasteiger partial charge in [-0.25, -0.2) is 13.8 Å². The van der Waals surface area contributed by atoms with Gasteiger partial charge in [0.15, 0.2) is 0 Å². The molecule has 1 unspecified atom stereocenters. The molecule has 0 spiro atoms. The van der Waals surface area contributed by atoms with Crippen LogP contribution in [0.1, 0.15) is 5.56 Å². The molecule has 0 amide bonds. The number of aromatic nitrogens is 1. The molecule has 19 heavy (non-hydrogen) atoms. The smallest absolute Gasteiger partial charge is 0.330 e. The van der Waals surface area contributed by atoms with E-state index in [9.17, 15) is 22.7 Å². The van der Waals surface area contributed by atoms with Crippen molar-refractivity contribution in [2.45, 2.75) is 24.9 Å². The van der Waals surface area contributed by atoms with E-state index < -0.39 is 31.7 Å². The number of nitrogens with two attached hydrogens (primary N) is 1. The summed E-state index contributed by atoms with van der Waals surface area (Å²) < 4.78 is 53.0. The molecule has 1 aromatic heterocycles. The second-order valence-corrected chi connectivity index (χ2v) is 4.02. The van der Waals surface area contributed by atoms with Gasteiger partial charge in [-0.3, -0.25) is 0 Å². The summed E-state index contributed by atoms with van der Waals surface area (Å²) in [6.45, 7) is -1.90. The molecule has 0 aromatic carbocycles. The predicted molar refractivity (Wildman–Crippen MR) is 60.1 cm³/mol. The number of halogens is 4. The Kier molecular flexibility index (Phi) is 5.49. The van der Waals surface area contributed by atoms with Crippen LogP contribution in [0.25, 0.3) is 0 Å². The van der Waals surface area contributed by atoms with Crippen molar-refractivity contribution in [1.29, 1.82) is 0 Å². The van der Waals surface area contributed by atoms with E-state index in [0.717, 1.165) is 0 Å². The second kappa shape index (κ2) is 6.67. The SMILES string of the molecule is Nc1cc(CC(O)COCC(F)(F)C(F)F)ccn1. The number of rotatable bonds is 7. The zero-order valence-corrected chi connectivity index (χ0v) is 9.90. The van der Waals surface area contributed by atoms with Gasteiger partial charge in [-0.15, -0.1) is 0 Å². The molecule has 1 heterocycles. The number of alkyl halides is 4. The summed E-state index contributed by atoms with van der Waals surface area (Å²) in [6.07, 6.45) is -3.34. The third kappa shape index (κ3) is 5.39. The standard InChI is InChI=1S/C11H14F4N2O2/c12-10(13)11(14,15)6-19-5-8(18)3-7-1-2-17-9(16)4-7/h1-2,4,8,10,18H,3,5-6H2,(H2,16,17). The maximum Gasteiger partial charge on any atom is 0.330 e. The predicted octanol–water partition coefficient (Wildman–Crippen LogP) is 1.48. The maximum absolute atomic E-state index is 12.5. The van der Waals surface area contributed by atoms with Crippen LogP contribution < -0.4 is 5.73 Å². The Morgan fingerprint density at radius 1 is 1.42 bits per heavy atom. The van der Waals surface area contributed by atoms with Crippen LogP contribution in [0.3, 0.4) is 0 Å². The number of pyridine rings is 1. The first-order valence-electron chi connectivity index (χ1n) is 5.43. The minimum atomic E-state index is -4.21. The zero-order chi connectivity index (χ0) is 14.5. The highest BCUT2D eigenvalue weighted by Crippen LogP contribution is 2.22. The van der Waals surface area contributed by atoms with Gasteiger partial charge < -0.3 is 15.6 Å². The number of nitrogens with zero attached hydrogens (tertiary/aromatic N) is 1. The molecular formula is C11H14F4N2O2. The maximum atomic E-state index is 12.5. The number of anilines is 1. The Morgan fingerprint density at radius 3 is 2.68 bits per heavy atom. The van der Waals surface area contributed by atoms with Crippen LogP contribution in [0.5, 0.6) is 0 Å². The van der Waals surface area contributed by atoms with E-state index in [1.54, 1.807) is 6.07 Å².